The average Bonchev–Trinajstić information content (AvgIpc) is 2.82. The highest BCUT2D eigenvalue weighted by molar-refractivity contribution is 7.85. The quantitative estimate of drug-likeness (QED) is 0.0490. The Kier molecular flexibility index (Phi) is 28.3. The molecule has 0 aliphatic rings. The summed E-state index contributed by atoms with van der Waals surface area (Å²) in [5.74, 6) is 0. The third-order valence-corrected chi connectivity index (χ3v) is 15.7. The van der Waals surface area contributed by atoms with Gasteiger partial charge in [0.1, 0.15) is 0 Å². The summed E-state index contributed by atoms with van der Waals surface area (Å²) >= 11 is 0. The van der Waals surface area contributed by atoms with E-state index in [4.69, 9.17) is 0 Å². The van der Waals surface area contributed by atoms with Crippen molar-refractivity contribution < 1.29 is 38.3 Å². The molecule has 0 amide bonds. The molecule has 0 aliphatic heterocycles. The van der Waals surface area contributed by atoms with Crippen LogP contribution in [0.4, 0.5) is 0 Å². The molecule has 0 saturated carbocycles. The Morgan fingerprint density at radius 3 is 0.868 bits per heavy atom. The predicted octanol–water partition coefficient (Wildman–Crippen LogP) is 8.95. The van der Waals surface area contributed by atoms with Gasteiger partial charge in [-0.1, -0.05) is 155 Å². The summed E-state index contributed by atoms with van der Waals surface area (Å²) in [7, 11) is -5.85. The highest BCUT2D eigenvalue weighted by Gasteiger charge is 2.59. The monoisotopic (exact) mass is 690 g/mol. The smallest absolute Gasteiger partial charge is 0.368 e. The van der Waals surface area contributed by atoms with Gasteiger partial charge in [0.2, 0.25) is 0 Å². The van der Waals surface area contributed by atoms with Crippen LogP contribution in [-0.4, -0.2) is 34.7 Å². The molecule has 0 heterocycles. The van der Waals surface area contributed by atoms with E-state index in [-0.39, 0.29) is 24.0 Å². The SMILES string of the molecule is CCCCCCCCCCCCCCC(CCCCCCCCCCCCCC)(P(=O)(O)O)[P+](C)(C)C.[I-]. The molecule has 3 nitrogen and oxygen atoms in total. The Labute approximate surface area is 257 Å². The molecule has 0 saturated heterocycles. The van der Waals surface area contributed by atoms with Gasteiger partial charge in [-0.2, -0.15) is 0 Å². The van der Waals surface area contributed by atoms with Crippen LogP contribution in [0.3, 0.4) is 0 Å². The van der Waals surface area contributed by atoms with Gasteiger partial charge in [-0.15, -0.1) is 0 Å². The average molecular weight is 691 g/mol. The van der Waals surface area contributed by atoms with E-state index in [9.17, 15) is 14.4 Å². The Bertz CT molecular complexity index is 517. The highest BCUT2D eigenvalue weighted by Crippen LogP contribution is 2.77. The molecule has 2 N–H and O–H groups in total. The van der Waals surface area contributed by atoms with E-state index >= 15 is 0 Å². The zero-order valence-corrected chi connectivity index (χ0v) is 30.4. The highest BCUT2D eigenvalue weighted by atomic mass is 127. The van der Waals surface area contributed by atoms with E-state index in [1.807, 2.05) is 0 Å². The second kappa shape index (κ2) is 26.0. The summed E-state index contributed by atoms with van der Waals surface area (Å²) in [4.78, 5) is 20.3. The summed E-state index contributed by atoms with van der Waals surface area (Å²) in [6.07, 6.45) is 32.5. The normalized spacial score (nSPS) is 12.6. The van der Waals surface area contributed by atoms with Gasteiger partial charge in [-0.05, 0) is 25.7 Å². The molecule has 232 valence electrons. The summed E-state index contributed by atoms with van der Waals surface area (Å²) < 4.78 is 12.9. The minimum absolute atomic E-state index is 0. The number of hydrogen-bond acceptors (Lipinski definition) is 1. The summed E-state index contributed by atoms with van der Waals surface area (Å²) in [5.41, 5.74) is 0. The van der Waals surface area contributed by atoms with E-state index in [1.54, 1.807) is 0 Å². The third kappa shape index (κ3) is 20.2. The van der Waals surface area contributed by atoms with Gasteiger partial charge in [0.05, 0.1) is 0 Å². The van der Waals surface area contributed by atoms with Crippen molar-refractivity contribution in [3.8, 4) is 0 Å². The number of halogens is 1. The van der Waals surface area contributed by atoms with Crippen LogP contribution in [0.25, 0.3) is 0 Å². The maximum absolute atomic E-state index is 12.9. The largest absolute Gasteiger partial charge is 1.00 e. The van der Waals surface area contributed by atoms with Gasteiger partial charge < -0.3 is 33.8 Å². The first kappa shape index (κ1) is 41.4. The first-order valence-corrected chi connectivity index (χ1v) is 21.2. The van der Waals surface area contributed by atoms with Gasteiger partial charge in [0.15, 0.2) is 4.90 Å². The van der Waals surface area contributed by atoms with E-state index in [0.29, 0.717) is 12.8 Å². The molecule has 0 rings (SSSR count). The van der Waals surface area contributed by atoms with Crippen LogP contribution in [0.2, 0.25) is 0 Å². The van der Waals surface area contributed by atoms with Gasteiger partial charge in [-0.25, -0.2) is 0 Å². The van der Waals surface area contributed by atoms with Crippen LogP contribution in [0.1, 0.15) is 181 Å². The standard InChI is InChI=1S/C32H68O3P2.HI/c1-6-8-10-12-14-16-18-20-22-24-26-28-30-32(36(3,4)5,37(33,34)35)31-29-27-25-23-21-19-17-15-13-11-9-7-2;/h6-31H2,1-5H3,(H-,33,34,35);1H. The van der Waals surface area contributed by atoms with Gasteiger partial charge in [0, 0.05) is 27.3 Å². The van der Waals surface area contributed by atoms with Crippen molar-refractivity contribution in [1.29, 1.82) is 0 Å². The Morgan fingerprint density at radius 1 is 0.474 bits per heavy atom. The van der Waals surface area contributed by atoms with E-state index < -0.39 is 19.8 Å². The number of unbranched alkanes of at least 4 members (excludes halogenated alkanes) is 22. The zero-order chi connectivity index (χ0) is 27.9. The van der Waals surface area contributed by atoms with Crippen LogP contribution < -0.4 is 24.0 Å². The molecular formula is C32H69IO3P2. The molecule has 6 heteroatoms. The second-order valence-corrected chi connectivity index (χ2v) is 20.0. The Hall–Kier alpha value is 1.31. The molecule has 0 aliphatic carbocycles. The second-order valence-electron chi connectivity index (χ2n) is 12.8. The summed E-state index contributed by atoms with van der Waals surface area (Å²) in [6.45, 7) is 11.0. The fourth-order valence-corrected chi connectivity index (χ4v) is 11.7. The molecule has 0 spiro atoms. The van der Waals surface area contributed by atoms with Crippen LogP contribution >= 0.6 is 14.9 Å². The summed E-state index contributed by atoms with van der Waals surface area (Å²) in [5, 5.41) is 0. The lowest BCUT2D eigenvalue weighted by Crippen LogP contribution is -3.00. The van der Waals surface area contributed by atoms with E-state index in [0.717, 1.165) is 25.7 Å². The van der Waals surface area contributed by atoms with Crippen molar-refractivity contribution in [1.82, 2.24) is 0 Å². The molecular weight excluding hydrogens is 621 g/mol. The van der Waals surface area contributed by atoms with Gasteiger partial charge in [0.25, 0.3) is 0 Å². The molecule has 0 atom stereocenters. The van der Waals surface area contributed by atoms with Gasteiger partial charge in [-0.3, -0.25) is 4.57 Å². The minimum atomic E-state index is -4.14. The van der Waals surface area contributed by atoms with Crippen LogP contribution in [0.5, 0.6) is 0 Å². The lowest BCUT2D eigenvalue weighted by Gasteiger charge is -2.39. The van der Waals surface area contributed by atoms with Crippen molar-refractivity contribution in [3.63, 3.8) is 0 Å². The maximum atomic E-state index is 12.9. The van der Waals surface area contributed by atoms with Crippen LogP contribution in [0, 0.1) is 0 Å². The lowest BCUT2D eigenvalue weighted by molar-refractivity contribution is -0.0000137. The van der Waals surface area contributed by atoms with Crippen molar-refractivity contribution >= 4 is 14.9 Å². The van der Waals surface area contributed by atoms with E-state index in [2.05, 4.69) is 33.8 Å². The molecule has 0 radical (unpaired) electrons. The predicted molar refractivity (Wildman–Crippen MR) is 171 cm³/mol. The molecule has 0 fully saturated rings. The Morgan fingerprint density at radius 2 is 0.684 bits per heavy atom. The van der Waals surface area contributed by atoms with Crippen molar-refractivity contribution in [3.05, 3.63) is 0 Å². The first-order chi connectivity index (χ1) is 17.6. The molecule has 0 aromatic heterocycles. The van der Waals surface area contributed by atoms with Crippen molar-refractivity contribution in [2.24, 2.45) is 0 Å². The maximum Gasteiger partial charge on any atom is 0.368 e. The first-order valence-electron chi connectivity index (χ1n) is 16.5. The van der Waals surface area contributed by atoms with Crippen LogP contribution in [0.15, 0.2) is 0 Å². The number of hydrogen-bond donors (Lipinski definition) is 2. The fourth-order valence-electron chi connectivity index (χ4n) is 5.98. The topological polar surface area (TPSA) is 57.5 Å². The minimum Gasteiger partial charge on any atom is -1.00 e. The molecule has 0 unspecified atom stereocenters. The fraction of sp³-hybridized carbons (Fsp3) is 1.00. The number of rotatable bonds is 28. The van der Waals surface area contributed by atoms with Crippen LogP contribution in [-0.2, 0) is 4.57 Å². The zero-order valence-electron chi connectivity index (χ0n) is 26.5. The third-order valence-electron chi connectivity index (χ3n) is 8.65. The van der Waals surface area contributed by atoms with Crippen molar-refractivity contribution in [2.45, 2.75) is 186 Å². The van der Waals surface area contributed by atoms with E-state index in [1.165, 1.54) is 128 Å². The molecule has 0 aromatic carbocycles. The lowest BCUT2D eigenvalue weighted by atomic mass is 10.0. The molecule has 0 aromatic rings. The van der Waals surface area contributed by atoms with Gasteiger partial charge >= 0.3 is 7.60 Å². The molecule has 38 heavy (non-hydrogen) atoms. The Balaban J connectivity index is 0. The summed E-state index contributed by atoms with van der Waals surface area (Å²) in [6, 6.07) is 0. The molecule has 0 bridgehead atoms. The van der Waals surface area contributed by atoms with Crippen molar-refractivity contribution in [2.75, 3.05) is 20.0 Å².